The molecule has 57 heavy (non-hydrogen) atoms. The number of para-hydroxylation sites is 1. The fourth-order valence-corrected chi connectivity index (χ4v) is 8.63. The summed E-state index contributed by atoms with van der Waals surface area (Å²) in [6.07, 6.45) is 4.58. The normalized spacial score (nSPS) is 19.7. The molecule has 0 bridgehead atoms. The first-order valence-corrected chi connectivity index (χ1v) is 19.9. The Morgan fingerprint density at radius 3 is 2.58 bits per heavy atom. The molecule has 3 aromatic heterocycles. The van der Waals surface area contributed by atoms with E-state index in [1.807, 2.05) is 42.1 Å². The summed E-state index contributed by atoms with van der Waals surface area (Å²) in [5, 5.41) is 12.7. The zero-order valence-electron chi connectivity index (χ0n) is 32.6. The monoisotopic (exact) mass is 794 g/mol. The first kappa shape index (κ1) is 38.3. The largest absolute Gasteiger partial charge is 0.480 e. The Bertz CT molecular complexity index is 2440. The minimum absolute atomic E-state index is 0.112. The molecule has 0 spiro atoms. The van der Waals surface area contributed by atoms with Gasteiger partial charge in [-0.05, 0) is 69.4 Å². The lowest BCUT2D eigenvalue weighted by atomic mass is 9.92. The highest BCUT2D eigenvalue weighted by molar-refractivity contribution is 6.33. The van der Waals surface area contributed by atoms with Crippen molar-refractivity contribution in [1.82, 2.24) is 34.5 Å². The highest BCUT2D eigenvalue weighted by Gasteiger charge is 2.33. The van der Waals surface area contributed by atoms with Crippen molar-refractivity contribution >= 4 is 74.1 Å². The van der Waals surface area contributed by atoms with Crippen molar-refractivity contribution in [3.05, 3.63) is 69.7 Å². The van der Waals surface area contributed by atoms with E-state index < -0.39 is 5.92 Å². The van der Waals surface area contributed by atoms with Crippen LogP contribution in [0.1, 0.15) is 51.1 Å². The maximum Gasteiger partial charge on any atom is 0.293 e. The number of Topliss-reactive ketones (excluding diaryl/α,β-unsaturated/α-hetero) is 1. The van der Waals surface area contributed by atoms with Gasteiger partial charge in [-0.3, -0.25) is 34.1 Å². The molecule has 3 aliphatic rings. The number of nitrogens with zero attached hydrogens (tertiary/aromatic N) is 8. The molecule has 3 fully saturated rings. The number of ether oxygens (including phenoxy) is 1. The number of piperazine rings is 1. The number of halogens is 1. The molecular weight excluding hydrogens is 748 g/mol. The Morgan fingerprint density at radius 1 is 1.02 bits per heavy atom. The van der Waals surface area contributed by atoms with Gasteiger partial charge in [0.05, 0.1) is 34.5 Å². The van der Waals surface area contributed by atoms with Crippen molar-refractivity contribution < 1.29 is 19.1 Å². The molecule has 0 aliphatic carbocycles. The predicted octanol–water partition coefficient (Wildman–Crippen LogP) is 4.53. The Labute approximate surface area is 334 Å². The Hall–Kier alpha value is -5.54. The standard InChI is InChI=1S/C41H47ClN10O5/c1-24-21-52(41-43-20-31(42)38(46-41)44-28-8-10-32-27(18-28)19-34(40(56)48(32)3)57-23-25(2)53)17-16-51(24)22-26-12-14-50(15-13-26)33-7-5-6-29-36(47-49(4)37(29)33)30-9-11-35(54)45-39(30)55/h5-8,10,18-20,24,26,30H,9,11-17,21-23H2,1-4H3,(H,43,44,46)(H,45,54,55). The lowest BCUT2D eigenvalue weighted by Crippen LogP contribution is -2.54. The lowest BCUT2D eigenvalue weighted by molar-refractivity contribution is -0.134. The maximum atomic E-state index is 12.8. The number of aromatic nitrogens is 5. The molecule has 3 aliphatic heterocycles. The number of pyridine rings is 1. The highest BCUT2D eigenvalue weighted by atomic mass is 35.5. The fourth-order valence-electron chi connectivity index (χ4n) is 8.50. The van der Waals surface area contributed by atoms with E-state index in [1.54, 1.807) is 19.3 Å². The zero-order valence-corrected chi connectivity index (χ0v) is 33.4. The van der Waals surface area contributed by atoms with Crippen LogP contribution in [0.25, 0.3) is 21.8 Å². The summed E-state index contributed by atoms with van der Waals surface area (Å²) in [7, 11) is 3.61. The van der Waals surface area contributed by atoms with Gasteiger partial charge in [-0.15, -0.1) is 0 Å². The molecule has 16 heteroatoms. The minimum Gasteiger partial charge on any atom is -0.480 e. The molecule has 2 aromatic carbocycles. The zero-order chi connectivity index (χ0) is 40.0. The van der Waals surface area contributed by atoms with Crippen LogP contribution < -0.4 is 30.7 Å². The molecular formula is C41H47ClN10O5. The third kappa shape index (κ3) is 7.77. The number of benzene rings is 2. The van der Waals surface area contributed by atoms with Crippen molar-refractivity contribution in [2.24, 2.45) is 20.0 Å². The van der Waals surface area contributed by atoms with Crippen LogP contribution in [-0.4, -0.2) is 98.7 Å². The van der Waals surface area contributed by atoms with Crippen molar-refractivity contribution in [3.63, 3.8) is 0 Å². The number of rotatable bonds is 10. The second-order valence-corrected chi connectivity index (χ2v) is 15.9. The third-order valence-electron chi connectivity index (χ3n) is 11.6. The van der Waals surface area contributed by atoms with Gasteiger partial charge in [0.15, 0.2) is 17.4 Å². The van der Waals surface area contributed by atoms with E-state index in [4.69, 9.17) is 26.4 Å². The number of carbonyl (C=O) groups is 3. The maximum absolute atomic E-state index is 12.8. The summed E-state index contributed by atoms with van der Waals surface area (Å²) in [6.45, 7) is 8.87. The molecule has 0 saturated carbocycles. The number of imide groups is 1. The average molecular weight is 795 g/mol. The summed E-state index contributed by atoms with van der Waals surface area (Å²) in [5.41, 5.74) is 4.04. The third-order valence-corrected chi connectivity index (χ3v) is 11.8. The summed E-state index contributed by atoms with van der Waals surface area (Å²) >= 11 is 6.59. The number of ketones is 1. The van der Waals surface area contributed by atoms with Gasteiger partial charge in [0.1, 0.15) is 11.6 Å². The molecule has 2 N–H and O–H groups in total. The van der Waals surface area contributed by atoms with E-state index in [0.717, 1.165) is 91.0 Å². The van der Waals surface area contributed by atoms with Crippen molar-refractivity contribution in [2.75, 3.05) is 61.0 Å². The molecule has 5 aromatic rings. The van der Waals surface area contributed by atoms with E-state index in [0.29, 0.717) is 41.6 Å². The van der Waals surface area contributed by atoms with Crippen LogP contribution >= 0.6 is 11.6 Å². The van der Waals surface area contributed by atoms with Crippen LogP contribution in [0.4, 0.5) is 23.1 Å². The molecule has 0 radical (unpaired) electrons. The fraction of sp³-hybridized carbons (Fsp3) is 0.439. The topological polar surface area (TPSA) is 160 Å². The molecule has 8 rings (SSSR count). The van der Waals surface area contributed by atoms with Crippen molar-refractivity contribution in [1.29, 1.82) is 0 Å². The minimum atomic E-state index is -0.425. The molecule has 298 valence electrons. The number of piperidine rings is 2. The highest BCUT2D eigenvalue weighted by Crippen LogP contribution is 2.36. The number of amides is 2. The van der Waals surface area contributed by atoms with Gasteiger partial charge in [-0.2, -0.15) is 10.1 Å². The van der Waals surface area contributed by atoms with Crippen LogP contribution in [0.5, 0.6) is 5.75 Å². The van der Waals surface area contributed by atoms with Crippen LogP contribution in [0, 0.1) is 5.92 Å². The van der Waals surface area contributed by atoms with Crippen LogP contribution in [0.2, 0.25) is 5.02 Å². The van der Waals surface area contributed by atoms with Gasteiger partial charge in [-0.25, -0.2) is 4.98 Å². The average Bonchev–Trinajstić information content (AvgIpc) is 3.53. The van der Waals surface area contributed by atoms with E-state index >= 15 is 0 Å². The van der Waals surface area contributed by atoms with Gasteiger partial charge in [-0.1, -0.05) is 23.7 Å². The molecule has 2 amide bonds. The van der Waals surface area contributed by atoms with E-state index in [2.05, 4.69) is 43.3 Å². The Balaban J connectivity index is 0.886. The van der Waals surface area contributed by atoms with Gasteiger partial charge in [0.2, 0.25) is 17.8 Å². The first-order chi connectivity index (χ1) is 27.4. The van der Waals surface area contributed by atoms with Crippen LogP contribution in [0.15, 0.2) is 53.5 Å². The number of hydrogen-bond donors (Lipinski definition) is 2. The number of fused-ring (bicyclic) bond motifs is 2. The van der Waals surface area contributed by atoms with Gasteiger partial charge in [0.25, 0.3) is 5.56 Å². The van der Waals surface area contributed by atoms with Crippen molar-refractivity contribution in [3.8, 4) is 5.75 Å². The molecule has 2 unspecified atom stereocenters. The number of anilines is 4. The molecule has 6 heterocycles. The number of aryl methyl sites for hydroxylation is 2. The summed E-state index contributed by atoms with van der Waals surface area (Å²) in [6, 6.07) is 13.8. The Morgan fingerprint density at radius 2 is 1.82 bits per heavy atom. The number of hydrogen-bond acceptors (Lipinski definition) is 12. The van der Waals surface area contributed by atoms with E-state index in [-0.39, 0.29) is 35.5 Å². The number of carbonyl (C=O) groups excluding carboxylic acids is 3. The SMILES string of the molecule is CC(=O)COc1cc2cc(Nc3nc(N4CCN(CC5CCN(c6cccc7c(C8CCC(=O)NC8=O)nn(C)c67)CC5)C(C)C4)ncc3Cl)ccc2n(C)c1=O. The molecule has 15 nitrogen and oxygen atoms in total. The van der Waals surface area contributed by atoms with Crippen molar-refractivity contribution in [2.45, 2.75) is 51.5 Å². The second-order valence-electron chi connectivity index (χ2n) is 15.5. The smallest absolute Gasteiger partial charge is 0.293 e. The Kier molecular flexibility index (Phi) is 10.6. The first-order valence-electron chi connectivity index (χ1n) is 19.5. The predicted molar refractivity (Wildman–Crippen MR) is 220 cm³/mol. The quantitative estimate of drug-likeness (QED) is 0.191. The lowest BCUT2D eigenvalue weighted by Gasteiger charge is -2.43. The van der Waals surface area contributed by atoms with Crippen LogP contribution in [0.3, 0.4) is 0 Å². The van der Waals surface area contributed by atoms with E-state index in [1.165, 1.54) is 11.5 Å². The molecule has 2 atom stereocenters. The summed E-state index contributed by atoms with van der Waals surface area (Å²) in [4.78, 5) is 65.4. The number of nitrogens with one attached hydrogen (secondary N) is 2. The molecule has 3 saturated heterocycles. The second kappa shape index (κ2) is 15.8. The van der Waals surface area contributed by atoms with Gasteiger partial charge in [0, 0.05) is 82.3 Å². The summed E-state index contributed by atoms with van der Waals surface area (Å²) < 4.78 is 8.88. The summed E-state index contributed by atoms with van der Waals surface area (Å²) in [5.74, 6) is 0.690. The van der Waals surface area contributed by atoms with E-state index in [9.17, 15) is 19.2 Å². The van der Waals surface area contributed by atoms with Crippen LogP contribution in [-0.2, 0) is 28.5 Å². The van der Waals surface area contributed by atoms with Gasteiger partial charge >= 0.3 is 0 Å². The van der Waals surface area contributed by atoms with Gasteiger partial charge < -0.3 is 24.4 Å².